The fourth-order valence-electron chi connectivity index (χ4n) is 0.706. The third kappa shape index (κ3) is 4.75. The van der Waals surface area contributed by atoms with E-state index < -0.39 is 13.1 Å². The Morgan fingerprint density at radius 3 is 2.40 bits per heavy atom. The molecule has 1 atom stereocenters. The Kier molecular flexibility index (Phi) is 5.62. The summed E-state index contributed by atoms with van der Waals surface area (Å²) in [6.45, 7) is 0.883. The first-order valence-electron chi connectivity index (χ1n) is 3.59. The second kappa shape index (κ2) is 5.67. The highest BCUT2D eigenvalue weighted by molar-refractivity contribution is 6.43. The Bertz CT molecular complexity index is 82.0. The van der Waals surface area contributed by atoms with Gasteiger partial charge in [-0.05, 0) is 19.3 Å². The summed E-state index contributed by atoms with van der Waals surface area (Å²) in [6.07, 6.45) is 2.58. The average Bonchev–Trinajstić information content (AvgIpc) is 1.88. The molecular weight excluding hydrogens is 131 g/mol. The van der Waals surface area contributed by atoms with Gasteiger partial charge >= 0.3 is 7.12 Å². The molecule has 0 aliphatic heterocycles. The molecule has 10 heavy (non-hydrogen) atoms. The van der Waals surface area contributed by atoms with Crippen molar-refractivity contribution in [1.29, 1.82) is 0 Å². The molecule has 0 aliphatic rings. The van der Waals surface area contributed by atoms with Crippen LogP contribution in [0.25, 0.3) is 0 Å². The normalized spacial score (nSPS) is 13.2. The second-order valence-corrected chi connectivity index (χ2v) is 2.43. The van der Waals surface area contributed by atoms with Gasteiger partial charge in [-0.1, -0.05) is 0 Å². The van der Waals surface area contributed by atoms with Crippen LogP contribution in [0.3, 0.4) is 0 Å². The zero-order valence-corrected chi connectivity index (χ0v) is 6.16. The summed E-state index contributed by atoms with van der Waals surface area (Å²) in [5.74, 6) is -0.494. The Hall–Kier alpha value is -0.0951. The van der Waals surface area contributed by atoms with E-state index in [4.69, 9.17) is 15.8 Å². The lowest BCUT2D eigenvalue weighted by atomic mass is 9.77. The van der Waals surface area contributed by atoms with Crippen molar-refractivity contribution in [2.75, 3.05) is 6.54 Å². The predicted molar refractivity (Wildman–Crippen MR) is 39.8 cm³/mol. The van der Waals surface area contributed by atoms with Crippen molar-refractivity contribution in [3.05, 3.63) is 0 Å². The molecule has 0 rings (SSSR count). The molecule has 4 nitrogen and oxygen atoms in total. The summed E-state index contributed by atoms with van der Waals surface area (Å²) in [5, 5.41) is 17.1. The highest BCUT2D eigenvalue weighted by atomic mass is 16.4. The van der Waals surface area contributed by atoms with Gasteiger partial charge in [0.1, 0.15) is 0 Å². The molecule has 0 aromatic carbocycles. The maximum atomic E-state index is 8.54. The van der Waals surface area contributed by atoms with Gasteiger partial charge < -0.3 is 21.5 Å². The van der Waals surface area contributed by atoms with Gasteiger partial charge in [-0.3, -0.25) is 0 Å². The fraction of sp³-hybridized carbons (Fsp3) is 1.00. The second-order valence-electron chi connectivity index (χ2n) is 2.43. The molecule has 0 saturated carbocycles. The van der Waals surface area contributed by atoms with Gasteiger partial charge in [0.05, 0.1) is 6.54 Å². The standard InChI is InChI=1S/C5H15BN2O2/c7-4-2-1-3-5(8)6(9)10/h5,9-10H,1-4,7-8H2/p+1. The Morgan fingerprint density at radius 1 is 1.40 bits per heavy atom. The molecule has 0 aromatic rings. The van der Waals surface area contributed by atoms with Crippen molar-refractivity contribution in [3.8, 4) is 0 Å². The molecule has 0 radical (unpaired) electrons. The largest absolute Gasteiger partial charge is 0.469 e. The topological polar surface area (TPSA) is 94.1 Å². The number of rotatable bonds is 5. The molecule has 0 aliphatic carbocycles. The van der Waals surface area contributed by atoms with Crippen molar-refractivity contribution in [2.45, 2.75) is 25.2 Å². The van der Waals surface area contributed by atoms with E-state index in [0.29, 0.717) is 6.42 Å². The number of hydrogen-bond acceptors (Lipinski definition) is 3. The monoisotopic (exact) mass is 147 g/mol. The average molecular weight is 147 g/mol. The molecule has 1 unspecified atom stereocenters. The fourth-order valence-corrected chi connectivity index (χ4v) is 0.706. The third-order valence-electron chi connectivity index (χ3n) is 1.42. The maximum absolute atomic E-state index is 8.54. The zero-order chi connectivity index (χ0) is 7.98. The predicted octanol–water partition coefficient (Wildman–Crippen LogP) is -2.26. The summed E-state index contributed by atoms with van der Waals surface area (Å²) in [7, 11) is -1.37. The van der Waals surface area contributed by atoms with Crippen LogP contribution < -0.4 is 11.5 Å². The minimum Gasteiger partial charge on any atom is -0.426 e. The zero-order valence-electron chi connectivity index (χ0n) is 6.16. The highest BCUT2D eigenvalue weighted by Gasteiger charge is 2.17. The molecule has 0 bridgehead atoms. The summed E-state index contributed by atoms with van der Waals surface area (Å²) in [6, 6.07) is 0. The van der Waals surface area contributed by atoms with Crippen molar-refractivity contribution in [1.82, 2.24) is 0 Å². The molecule has 0 saturated heterocycles. The molecule has 5 heteroatoms. The number of hydrogen-bond donors (Lipinski definition) is 4. The van der Waals surface area contributed by atoms with Crippen LogP contribution in [-0.4, -0.2) is 29.7 Å². The lowest BCUT2D eigenvalue weighted by molar-refractivity contribution is -0.368. The Morgan fingerprint density at radius 2 is 2.00 bits per heavy atom. The van der Waals surface area contributed by atoms with Crippen LogP contribution in [-0.2, 0) is 0 Å². The van der Waals surface area contributed by atoms with E-state index in [-0.39, 0.29) is 0 Å². The molecule has 7 N–H and O–H groups in total. The van der Waals surface area contributed by atoms with E-state index >= 15 is 0 Å². The minimum absolute atomic E-state index is 0.494. The Labute approximate surface area is 61.4 Å². The molecule has 0 fully saturated rings. The minimum atomic E-state index is -1.37. The van der Waals surface area contributed by atoms with E-state index in [1.165, 1.54) is 0 Å². The maximum Gasteiger partial charge on any atom is 0.469 e. The summed E-state index contributed by atoms with van der Waals surface area (Å²) >= 11 is 0. The van der Waals surface area contributed by atoms with Crippen LogP contribution >= 0.6 is 0 Å². The lowest BCUT2D eigenvalue weighted by Gasteiger charge is -2.07. The van der Waals surface area contributed by atoms with E-state index in [2.05, 4.69) is 5.73 Å². The van der Waals surface area contributed by atoms with E-state index in [0.717, 1.165) is 19.4 Å². The van der Waals surface area contributed by atoms with Crippen molar-refractivity contribution in [2.24, 2.45) is 5.73 Å². The van der Waals surface area contributed by atoms with Gasteiger partial charge in [-0.25, -0.2) is 0 Å². The van der Waals surface area contributed by atoms with Crippen LogP contribution in [0, 0.1) is 0 Å². The molecular formula is C5H16BN2O2+. The molecule has 0 spiro atoms. The van der Waals surface area contributed by atoms with E-state index in [1.54, 1.807) is 0 Å². The number of quaternary nitrogens is 1. The quantitative estimate of drug-likeness (QED) is 0.261. The Balaban J connectivity index is 3.13. The van der Waals surface area contributed by atoms with Gasteiger partial charge in [-0.2, -0.15) is 0 Å². The lowest BCUT2D eigenvalue weighted by Crippen LogP contribution is -2.50. The molecule has 60 valence electrons. The molecule has 0 aromatic heterocycles. The third-order valence-corrected chi connectivity index (χ3v) is 1.42. The van der Waals surface area contributed by atoms with Crippen molar-refractivity contribution in [3.63, 3.8) is 0 Å². The van der Waals surface area contributed by atoms with E-state index in [9.17, 15) is 0 Å². The number of unbranched alkanes of at least 4 members (excludes halogenated alkanes) is 1. The summed E-state index contributed by atoms with van der Waals surface area (Å²) in [5.41, 5.74) is 9.00. The first-order valence-corrected chi connectivity index (χ1v) is 3.59. The van der Waals surface area contributed by atoms with Gasteiger partial charge in [0.15, 0.2) is 0 Å². The van der Waals surface area contributed by atoms with Gasteiger partial charge in [0.25, 0.3) is 0 Å². The smallest absolute Gasteiger partial charge is 0.426 e. The molecule has 0 amide bonds. The highest BCUT2D eigenvalue weighted by Crippen LogP contribution is 1.97. The van der Waals surface area contributed by atoms with Gasteiger partial charge in [-0.15, -0.1) is 0 Å². The van der Waals surface area contributed by atoms with Crippen LogP contribution in [0.15, 0.2) is 0 Å². The summed E-state index contributed by atoms with van der Waals surface area (Å²) in [4.78, 5) is 0. The number of nitrogens with two attached hydrogens (primary N) is 1. The van der Waals surface area contributed by atoms with Crippen molar-refractivity contribution >= 4 is 7.12 Å². The van der Waals surface area contributed by atoms with Crippen molar-refractivity contribution < 1.29 is 15.8 Å². The summed E-state index contributed by atoms with van der Waals surface area (Å²) < 4.78 is 0. The van der Waals surface area contributed by atoms with Gasteiger partial charge in [0, 0.05) is 5.94 Å². The van der Waals surface area contributed by atoms with Crippen LogP contribution in [0.1, 0.15) is 19.3 Å². The first kappa shape index (κ1) is 9.90. The van der Waals surface area contributed by atoms with Gasteiger partial charge in [0.2, 0.25) is 0 Å². The SMILES string of the molecule is NC(CCCC[NH3+])B(O)O. The van der Waals surface area contributed by atoms with E-state index in [1.807, 2.05) is 0 Å². The van der Waals surface area contributed by atoms with Crippen LogP contribution in [0.4, 0.5) is 0 Å². The first-order chi connectivity index (χ1) is 4.68. The molecule has 0 heterocycles. The van der Waals surface area contributed by atoms with Crippen LogP contribution in [0.5, 0.6) is 0 Å². The van der Waals surface area contributed by atoms with Crippen LogP contribution in [0.2, 0.25) is 0 Å².